The lowest BCUT2D eigenvalue weighted by Gasteiger charge is -2.26. The smallest absolute Gasteiger partial charge is 0.323 e. The second-order valence-electron chi connectivity index (χ2n) is 4.07. The van der Waals surface area contributed by atoms with Crippen LogP contribution in [0.15, 0.2) is 12.3 Å². The minimum absolute atomic E-state index is 0.149. The molecule has 0 spiro atoms. The van der Waals surface area contributed by atoms with Crippen LogP contribution < -0.4 is 0 Å². The third kappa shape index (κ3) is 3.51. The van der Waals surface area contributed by atoms with E-state index in [1.165, 1.54) is 17.2 Å². The molecule has 18 heavy (non-hydrogen) atoms. The van der Waals surface area contributed by atoms with Gasteiger partial charge in [-0.1, -0.05) is 6.92 Å². The van der Waals surface area contributed by atoms with Crippen LogP contribution in [-0.2, 0) is 4.79 Å². The molecule has 98 valence electrons. The summed E-state index contributed by atoms with van der Waals surface area (Å²) >= 11 is 0. The highest BCUT2D eigenvalue weighted by Crippen LogP contribution is 2.09. The Bertz CT molecular complexity index is 448. The van der Waals surface area contributed by atoms with Gasteiger partial charge in [-0.15, -0.1) is 0 Å². The Morgan fingerprint density at radius 2 is 2.17 bits per heavy atom. The Balaban J connectivity index is 2.98. The summed E-state index contributed by atoms with van der Waals surface area (Å²) in [6.07, 6.45) is 2.17. The first-order valence-electron chi connectivity index (χ1n) is 5.78. The Kier molecular flexibility index (Phi) is 4.76. The lowest BCUT2D eigenvalue weighted by Crippen LogP contribution is -2.42. The van der Waals surface area contributed by atoms with Crippen LogP contribution in [0.4, 0.5) is 0 Å². The first kappa shape index (κ1) is 14.1. The SMILES string of the molecule is CC[C@H](C)N(CC(=O)O)C(=O)c1ccnc(C)n1. The van der Waals surface area contributed by atoms with Crippen molar-refractivity contribution in [2.24, 2.45) is 0 Å². The van der Waals surface area contributed by atoms with Gasteiger partial charge in [-0.25, -0.2) is 9.97 Å². The second-order valence-corrected chi connectivity index (χ2v) is 4.07. The summed E-state index contributed by atoms with van der Waals surface area (Å²) < 4.78 is 0. The summed E-state index contributed by atoms with van der Waals surface area (Å²) in [5.74, 6) is -0.924. The molecule has 1 rings (SSSR count). The van der Waals surface area contributed by atoms with Crippen LogP contribution in [0.2, 0.25) is 0 Å². The standard InChI is InChI=1S/C12H17N3O3/c1-4-8(2)15(7-11(16)17)12(18)10-5-6-13-9(3)14-10/h5-6,8H,4,7H2,1-3H3,(H,16,17)/t8-/m0/s1. The summed E-state index contributed by atoms with van der Waals surface area (Å²) in [5, 5.41) is 8.85. The molecule has 0 unspecified atom stereocenters. The van der Waals surface area contributed by atoms with Crippen molar-refractivity contribution in [3.8, 4) is 0 Å². The van der Waals surface area contributed by atoms with Crippen LogP contribution in [0.25, 0.3) is 0 Å². The number of aromatic nitrogens is 2. The monoisotopic (exact) mass is 251 g/mol. The molecule has 0 aliphatic carbocycles. The number of amides is 1. The number of carbonyl (C=O) groups is 2. The van der Waals surface area contributed by atoms with Crippen LogP contribution in [0.3, 0.4) is 0 Å². The number of nitrogens with zero attached hydrogens (tertiary/aromatic N) is 3. The molecule has 0 saturated heterocycles. The van der Waals surface area contributed by atoms with Gasteiger partial charge in [-0.05, 0) is 26.3 Å². The van der Waals surface area contributed by atoms with Crippen molar-refractivity contribution in [2.45, 2.75) is 33.2 Å². The summed E-state index contributed by atoms with van der Waals surface area (Å²) in [4.78, 5) is 32.3. The molecule has 0 radical (unpaired) electrons. The number of carboxylic acids is 1. The summed E-state index contributed by atoms with van der Waals surface area (Å²) in [6.45, 7) is 5.07. The van der Waals surface area contributed by atoms with Crippen molar-refractivity contribution in [1.82, 2.24) is 14.9 Å². The van der Waals surface area contributed by atoms with Crippen molar-refractivity contribution in [2.75, 3.05) is 6.54 Å². The highest BCUT2D eigenvalue weighted by molar-refractivity contribution is 5.94. The first-order valence-corrected chi connectivity index (χ1v) is 5.78. The second kappa shape index (κ2) is 6.09. The van der Waals surface area contributed by atoms with Crippen LogP contribution in [0, 0.1) is 6.92 Å². The Labute approximate surface area is 106 Å². The fraction of sp³-hybridized carbons (Fsp3) is 0.500. The van der Waals surface area contributed by atoms with E-state index in [1.807, 2.05) is 13.8 Å². The van der Waals surface area contributed by atoms with Gasteiger partial charge in [0.05, 0.1) is 0 Å². The average molecular weight is 251 g/mol. The topological polar surface area (TPSA) is 83.4 Å². The minimum Gasteiger partial charge on any atom is -0.480 e. The van der Waals surface area contributed by atoms with Gasteiger partial charge in [0.1, 0.15) is 18.1 Å². The lowest BCUT2D eigenvalue weighted by molar-refractivity contribution is -0.138. The van der Waals surface area contributed by atoms with Crippen LogP contribution in [0.1, 0.15) is 36.6 Å². The first-order chi connectivity index (χ1) is 8.45. The van der Waals surface area contributed by atoms with Crippen molar-refractivity contribution >= 4 is 11.9 Å². The number of hydrogen-bond donors (Lipinski definition) is 1. The van der Waals surface area contributed by atoms with E-state index in [9.17, 15) is 9.59 Å². The van der Waals surface area contributed by atoms with Gasteiger partial charge >= 0.3 is 5.97 Å². The largest absolute Gasteiger partial charge is 0.480 e. The van der Waals surface area contributed by atoms with E-state index in [0.717, 1.165) is 0 Å². The van der Waals surface area contributed by atoms with Gasteiger partial charge in [0.2, 0.25) is 0 Å². The van der Waals surface area contributed by atoms with Crippen LogP contribution in [-0.4, -0.2) is 44.4 Å². The van der Waals surface area contributed by atoms with E-state index in [0.29, 0.717) is 12.2 Å². The molecule has 6 nitrogen and oxygen atoms in total. The highest BCUT2D eigenvalue weighted by atomic mass is 16.4. The quantitative estimate of drug-likeness (QED) is 0.847. The number of rotatable bonds is 5. The molecule has 1 aromatic heterocycles. The Morgan fingerprint density at radius 3 is 2.67 bits per heavy atom. The van der Waals surface area contributed by atoms with Gasteiger partial charge in [0.25, 0.3) is 5.91 Å². The summed E-state index contributed by atoms with van der Waals surface area (Å²) in [5.41, 5.74) is 0.226. The van der Waals surface area contributed by atoms with Crippen molar-refractivity contribution in [3.05, 3.63) is 23.8 Å². The molecular weight excluding hydrogens is 234 g/mol. The highest BCUT2D eigenvalue weighted by Gasteiger charge is 2.23. The van der Waals surface area contributed by atoms with Gasteiger partial charge in [0.15, 0.2) is 0 Å². The predicted octanol–water partition coefficient (Wildman–Crippen LogP) is 1.11. The van der Waals surface area contributed by atoms with E-state index >= 15 is 0 Å². The molecule has 6 heteroatoms. The van der Waals surface area contributed by atoms with Gasteiger partial charge in [0, 0.05) is 12.2 Å². The third-order valence-corrected chi connectivity index (χ3v) is 2.68. The zero-order chi connectivity index (χ0) is 13.7. The fourth-order valence-corrected chi connectivity index (χ4v) is 1.52. The molecule has 1 heterocycles. The van der Waals surface area contributed by atoms with Gasteiger partial charge in [-0.3, -0.25) is 9.59 Å². The average Bonchev–Trinajstić information content (AvgIpc) is 2.34. The number of carboxylic acid groups (broad SMARTS) is 1. The maximum absolute atomic E-state index is 12.2. The molecule has 0 aromatic carbocycles. The molecule has 1 aromatic rings. The van der Waals surface area contributed by atoms with E-state index in [2.05, 4.69) is 9.97 Å². The maximum Gasteiger partial charge on any atom is 0.323 e. The third-order valence-electron chi connectivity index (χ3n) is 2.68. The predicted molar refractivity (Wildman–Crippen MR) is 65.2 cm³/mol. The zero-order valence-electron chi connectivity index (χ0n) is 10.8. The van der Waals surface area contributed by atoms with E-state index in [1.54, 1.807) is 6.92 Å². The maximum atomic E-state index is 12.2. The fourth-order valence-electron chi connectivity index (χ4n) is 1.52. The number of aliphatic carboxylic acids is 1. The molecule has 0 saturated carbocycles. The van der Waals surface area contributed by atoms with Gasteiger partial charge in [-0.2, -0.15) is 0 Å². The Hall–Kier alpha value is -1.98. The molecule has 1 atom stereocenters. The van der Waals surface area contributed by atoms with Crippen molar-refractivity contribution in [3.63, 3.8) is 0 Å². The zero-order valence-corrected chi connectivity index (χ0v) is 10.8. The molecule has 1 amide bonds. The molecule has 0 aliphatic heterocycles. The van der Waals surface area contributed by atoms with Crippen LogP contribution >= 0.6 is 0 Å². The number of carbonyl (C=O) groups excluding carboxylic acids is 1. The van der Waals surface area contributed by atoms with E-state index < -0.39 is 5.97 Å². The lowest BCUT2D eigenvalue weighted by atomic mass is 10.2. The van der Waals surface area contributed by atoms with Crippen molar-refractivity contribution < 1.29 is 14.7 Å². The summed E-state index contributed by atoms with van der Waals surface area (Å²) in [6, 6.07) is 1.34. The Morgan fingerprint density at radius 1 is 1.50 bits per heavy atom. The van der Waals surface area contributed by atoms with E-state index in [4.69, 9.17) is 5.11 Å². The molecule has 0 bridgehead atoms. The molecule has 0 aliphatic rings. The van der Waals surface area contributed by atoms with Gasteiger partial charge < -0.3 is 10.0 Å². The molecule has 1 N–H and O–H groups in total. The van der Waals surface area contributed by atoms with Crippen LogP contribution in [0.5, 0.6) is 0 Å². The normalized spacial score (nSPS) is 11.9. The molecule has 0 fully saturated rings. The number of aryl methyl sites for hydroxylation is 1. The van der Waals surface area contributed by atoms with Crippen molar-refractivity contribution in [1.29, 1.82) is 0 Å². The number of hydrogen-bond acceptors (Lipinski definition) is 4. The minimum atomic E-state index is -1.03. The summed E-state index contributed by atoms with van der Waals surface area (Å²) in [7, 11) is 0. The van der Waals surface area contributed by atoms with E-state index in [-0.39, 0.29) is 24.2 Å². The molecular formula is C12H17N3O3.